The number of hydrogen-bond donors (Lipinski definition) is 3. The maximum Gasteiger partial charge on any atom is 0.216 e. The smallest absolute Gasteiger partial charge is 0.216 e. The summed E-state index contributed by atoms with van der Waals surface area (Å²) in [4.78, 5) is 3.99. The Kier molecular flexibility index (Phi) is 2.77. The first-order chi connectivity index (χ1) is 7.24. The van der Waals surface area contributed by atoms with Crippen LogP contribution in [0.25, 0.3) is 0 Å². The SMILES string of the molecule is Nc1ccc(CSc2n[nH]c(N)n2)cc1. The van der Waals surface area contributed by atoms with Crippen molar-refractivity contribution in [1.82, 2.24) is 15.2 Å². The summed E-state index contributed by atoms with van der Waals surface area (Å²) < 4.78 is 0. The van der Waals surface area contributed by atoms with Crippen molar-refractivity contribution in [2.75, 3.05) is 11.5 Å². The van der Waals surface area contributed by atoms with E-state index in [-0.39, 0.29) is 0 Å². The van der Waals surface area contributed by atoms with Crippen molar-refractivity contribution >= 4 is 23.4 Å². The van der Waals surface area contributed by atoms with Crippen molar-refractivity contribution in [3.05, 3.63) is 29.8 Å². The summed E-state index contributed by atoms with van der Waals surface area (Å²) in [7, 11) is 0. The van der Waals surface area contributed by atoms with Gasteiger partial charge in [0.2, 0.25) is 11.1 Å². The Balaban J connectivity index is 1.96. The van der Waals surface area contributed by atoms with Crippen LogP contribution in [0.1, 0.15) is 5.56 Å². The zero-order valence-electron chi connectivity index (χ0n) is 7.97. The number of nitrogens with two attached hydrogens (primary N) is 2. The Labute approximate surface area is 91.3 Å². The number of aromatic amines is 1. The quantitative estimate of drug-likeness (QED) is 0.536. The molecule has 0 spiro atoms. The van der Waals surface area contributed by atoms with Gasteiger partial charge in [0.05, 0.1) is 0 Å². The van der Waals surface area contributed by atoms with Crippen LogP contribution in [0.5, 0.6) is 0 Å². The molecule has 0 radical (unpaired) electrons. The van der Waals surface area contributed by atoms with Crippen LogP contribution in [-0.4, -0.2) is 15.2 Å². The molecule has 15 heavy (non-hydrogen) atoms. The number of rotatable bonds is 3. The average Bonchev–Trinajstić information content (AvgIpc) is 2.64. The van der Waals surface area contributed by atoms with E-state index in [0.717, 1.165) is 11.4 Å². The van der Waals surface area contributed by atoms with E-state index < -0.39 is 0 Å². The molecule has 0 aliphatic carbocycles. The number of thioether (sulfide) groups is 1. The highest BCUT2D eigenvalue weighted by molar-refractivity contribution is 7.98. The number of aromatic nitrogens is 3. The molecule has 0 fully saturated rings. The molecule has 2 aromatic rings. The Bertz CT molecular complexity index is 436. The summed E-state index contributed by atoms with van der Waals surface area (Å²) in [5, 5.41) is 7.17. The third kappa shape index (κ3) is 2.63. The molecular formula is C9H11N5S. The number of nitrogens with one attached hydrogen (secondary N) is 1. The van der Waals surface area contributed by atoms with Crippen LogP contribution in [0, 0.1) is 0 Å². The van der Waals surface area contributed by atoms with E-state index in [0.29, 0.717) is 11.1 Å². The molecule has 0 atom stereocenters. The van der Waals surface area contributed by atoms with Crippen molar-refractivity contribution in [3.63, 3.8) is 0 Å². The van der Waals surface area contributed by atoms with Crippen molar-refractivity contribution in [2.24, 2.45) is 0 Å². The van der Waals surface area contributed by atoms with Gasteiger partial charge in [-0.2, -0.15) is 4.98 Å². The minimum Gasteiger partial charge on any atom is -0.399 e. The van der Waals surface area contributed by atoms with Gasteiger partial charge in [-0.15, -0.1) is 5.10 Å². The summed E-state index contributed by atoms with van der Waals surface area (Å²) in [6.07, 6.45) is 0. The molecule has 1 aromatic heterocycles. The Hall–Kier alpha value is -1.69. The van der Waals surface area contributed by atoms with E-state index in [1.54, 1.807) is 0 Å². The molecule has 1 aromatic carbocycles. The fraction of sp³-hybridized carbons (Fsp3) is 0.111. The highest BCUT2D eigenvalue weighted by atomic mass is 32.2. The first kappa shape index (κ1) is 9.85. The zero-order chi connectivity index (χ0) is 10.7. The predicted molar refractivity (Wildman–Crippen MR) is 61.2 cm³/mol. The molecule has 0 unspecified atom stereocenters. The summed E-state index contributed by atoms with van der Waals surface area (Å²) in [5.41, 5.74) is 12.9. The standard InChI is InChI=1S/C9H11N5S/c10-7-3-1-6(2-4-7)5-15-9-12-8(11)13-14-9/h1-4H,5,10H2,(H3,11,12,13,14). The fourth-order valence-corrected chi connectivity index (χ4v) is 1.85. The van der Waals surface area contributed by atoms with Gasteiger partial charge in [-0.3, -0.25) is 0 Å². The van der Waals surface area contributed by atoms with Gasteiger partial charge < -0.3 is 11.5 Å². The Morgan fingerprint density at radius 2 is 1.93 bits per heavy atom. The molecule has 2 rings (SSSR count). The molecule has 0 aliphatic heterocycles. The second-order valence-corrected chi connectivity index (χ2v) is 3.98. The van der Waals surface area contributed by atoms with E-state index in [9.17, 15) is 0 Å². The van der Waals surface area contributed by atoms with Crippen LogP contribution >= 0.6 is 11.8 Å². The minimum atomic E-state index is 0.342. The van der Waals surface area contributed by atoms with E-state index in [1.807, 2.05) is 24.3 Å². The van der Waals surface area contributed by atoms with Crippen LogP contribution < -0.4 is 11.5 Å². The molecule has 6 heteroatoms. The maximum atomic E-state index is 5.58. The van der Waals surface area contributed by atoms with Gasteiger partial charge in [0.25, 0.3) is 0 Å². The third-order valence-corrected chi connectivity index (χ3v) is 2.75. The monoisotopic (exact) mass is 221 g/mol. The summed E-state index contributed by atoms with van der Waals surface area (Å²) in [5.74, 6) is 1.15. The number of anilines is 2. The summed E-state index contributed by atoms with van der Waals surface area (Å²) in [6, 6.07) is 7.72. The number of hydrogen-bond acceptors (Lipinski definition) is 5. The lowest BCUT2D eigenvalue weighted by atomic mass is 10.2. The molecule has 1 heterocycles. The second-order valence-electron chi connectivity index (χ2n) is 3.03. The van der Waals surface area contributed by atoms with Crippen LogP contribution in [-0.2, 0) is 5.75 Å². The summed E-state index contributed by atoms with van der Waals surface area (Å²) in [6.45, 7) is 0. The van der Waals surface area contributed by atoms with Gasteiger partial charge in [-0.25, -0.2) is 5.10 Å². The molecule has 0 saturated carbocycles. The molecule has 5 N–H and O–H groups in total. The van der Waals surface area contributed by atoms with Crippen LogP contribution in [0.2, 0.25) is 0 Å². The topological polar surface area (TPSA) is 93.6 Å². The first-order valence-corrected chi connectivity index (χ1v) is 5.38. The number of H-pyrrole nitrogens is 1. The zero-order valence-corrected chi connectivity index (χ0v) is 8.79. The molecule has 0 amide bonds. The second kappa shape index (κ2) is 4.22. The third-order valence-electron chi connectivity index (χ3n) is 1.83. The van der Waals surface area contributed by atoms with Gasteiger partial charge in [-0.1, -0.05) is 23.9 Å². The largest absolute Gasteiger partial charge is 0.399 e. The lowest BCUT2D eigenvalue weighted by Gasteiger charge is -1.98. The van der Waals surface area contributed by atoms with E-state index in [2.05, 4.69) is 15.2 Å². The van der Waals surface area contributed by atoms with Gasteiger partial charge in [0.15, 0.2) is 0 Å². The highest BCUT2D eigenvalue weighted by Gasteiger charge is 2.01. The summed E-state index contributed by atoms with van der Waals surface area (Å²) >= 11 is 1.53. The number of nitrogens with zero attached hydrogens (tertiary/aromatic N) is 2. The van der Waals surface area contributed by atoms with Crippen molar-refractivity contribution in [3.8, 4) is 0 Å². The fourth-order valence-electron chi connectivity index (χ4n) is 1.08. The van der Waals surface area contributed by atoms with E-state index in [4.69, 9.17) is 11.5 Å². The minimum absolute atomic E-state index is 0.342. The molecule has 0 saturated heterocycles. The normalized spacial score (nSPS) is 10.4. The molecule has 0 aliphatic rings. The Morgan fingerprint density at radius 3 is 2.53 bits per heavy atom. The molecule has 0 bridgehead atoms. The highest BCUT2D eigenvalue weighted by Crippen LogP contribution is 2.19. The predicted octanol–water partition coefficient (Wildman–Crippen LogP) is 1.26. The van der Waals surface area contributed by atoms with Crippen LogP contribution in [0.4, 0.5) is 11.6 Å². The number of benzene rings is 1. The van der Waals surface area contributed by atoms with E-state index in [1.165, 1.54) is 17.3 Å². The lowest BCUT2D eigenvalue weighted by Crippen LogP contribution is -1.86. The molecule has 78 valence electrons. The molecule has 5 nitrogen and oxygen atoms in total. The van der Waals surface area contributed by atoms with E-state index >= 15 is 0 Å². The van der Waals surface area contributed by atoms with Gasteiger partial charge in [-0.05, 0) is 17.7 Å². The van der Waals surface area contributed by atoms with Gasteiger partial charge in [0, 0.05) is 11.4 Å². The van der Waals surface area contributed by atoms with Gasteiger partial charge in [0.1, 0.15) is 0 Å². The number of nitrogen functional groups attached to an aromatic ring is 2. The van der Waals surface area contributed by atoms with Crippen LogP contribution in [0.3, 0.4) is 0 Å². The average molecular weight is 221 g/mol. The van der Waals surface area contributed by atoms with Crippen LogP contribution in [0.15, 0.2) is 29.4 Å². The van der Waals surface area contributed by atoms with Crippen molar-refractivity contribution in [1.29, 1.82) is 0 Å². The maximum absolute atomic E-state index is 5.58. The van der Waals surface area contributed by atoms with Gasteiger partial charge >= 0.3 is 0 Å². The first-order valence-electron chi connectivity index (χ1n) is 4.39. The lowest BCUT2D eigenvalue weighted by molar-refractivity contribution is 0.973. The van der Waals surface area contributed by atoms with Crippen molar-refractivity contribution < 1.29 is 0 Å². The molecular weight excluding hydrogens is 210 g/mol. The Morgan fingerprint density at radius 1 is 1.20 bits per heavy atom. The van der Waals surface area contributed by atoms with Crippen molar-refractivity contribution in [2.45, 2.75) is 10.9 Å².